The molecule has 0 saturated heterocycles. The Balaban J connectivity index is 2.45. The van der Waals surface area contributed by atoms with E-state index in [9.17, 15) is 0 Å². The minimum absolute atomic E-state index is 0.343. The molecule has 1 radical (unpaired) electrons. The zero-order valence-corrected chi connectivity index (χ0v) is 3.31. The first kappa shape index (κ1) is 3.68. The fraction of sp³-hybridized carbons (Fsp3) is 0.250. The number of hydrogen-bond donors (Lipinski definition) is 2. The van der Waals surface area contributed by atoms with Crippen molar-refractivity contribution in [1.82, 2.24) is 5.32 Å². The maximum absolute atomic E-state index is 8.47. The molecule has 0 aromatic carbocycles. The quantitative estimate of drug-likeness (QED) is 0.439. The van der Waals surface area contributed by atoms with Crippen LogP contribution in [0.1, 0.15) is 0 Å². The van der Waals surface area contributed by atoms with E-state index in [0.29, 0.717) is 5.76 Å². The smallest absolute Gasteiger partial charge is 0.109 e. The highest BCUT2D eigenvalue weighted by Gasteiger charge is 1.97. The van der Waals surface area contributed by atoms with Crippen molar-refractivity contribution in [2.45, 2.75) is 0 Å². The van der Waals surface area contributed by atoms with Gasteiger partial charge in [-0.3, -0.25) is 0 Å². The van der Waals surface area contributed by atoms with Crippen molar-refractivity contribution in [2.24, 2.45) is 0 Å². The predicted molar refractivity (Wildman–Crippen MR) is 23.0 cm³/mol. The Morgan fingerprint density at radius 1 is 1.83 bits per heavy atom. The number of rotatable bonds is 0. The van der Waals surface area contributed by atoms with Gasteiger partial charge in [0.1, 0.15) is 5.76 Å². The van der Waals surface area contributed by atoms with Crippen molar-refractivity contribution >= 4 is 0 Å². The number of nitrogens with one attached hydrogen (secondary N) is 1. The SMILES string of the molecule is OC1=CCN[CH]1. The van der Waals surface area contributed by atoms with Crippen molar-refractivity contribution in [3.63, 3.8) is 0 Å². The van der Waals surface area contributed by atoms with E-state index in [2.05, 4.69) is 5.32 Å². The van der Waals surface area contributed by atoms with Crippen LogP contribution in [0.2, 0.25) is 0 Å². The first-order valence-electron chi connectivity index (χ1n) is 1.85. The maximum atomic E-state index is 8.47. The molecule has 6 heavy (non-hydrogen) atoms. The highest BCUT2D eigenvalue weighted by Crippen LogP contribution is 1.94. The Morgan fingerprint density at radius 3 is 2.83 bits per heavy atom. The van der Waals surface area contributed by atoms with E-state index in [1.807, 2.05) is 0 Å². The van der Waals surface area contributed by atoms with Crippen molar-refractivity contribution in [1.29, 1.82) is 0 Å². The Labute approximate surface area is 36.5 Å². The van der Waals surface area contributed by atoms with Gasteiger partial charge in [-0.25, -0.2) is 0 Å². The fourth-order valence-corrected chi connectivity index (χ4v) is 0.386. The number of aliphatic hydroxyl groups is 1. The van der Waals surface area contributed by atoms with E-state index < -0.39 is 0 Å². The maximum Gasteiger partial charge on any atom is 0.109 e. The van der Waals surface area contributed by atoms with Gasteiger partial charge < -0.3 is 10.4 Å². The van der Waals surface area contributed by atoms with Crippen LogP contribution in [-0.4, -0.2) is 11.7 Å². The van der Waals surface area contributed by atoms with Crippen LogP contribution in [0.15, 0.2) is 11.8 Å². The van der Waals surface area contributed by atoms with Gasteiger partial charge in [0.2, 0.25) is 0 Å². The van der Waals surface area contributed by atoms with E-state index in [1.54, 1.807) is 12.6 Å². The molecule has 2 nitrogen and oxygen atoms in total. The molecule has 0 bridgehead atoms. The molecule has 1 rings (SSSR count). The summed E-state index contributed by atoms with van der Waals surface area (Å²) in [5.74, 6) is 0.343. The van der Waals surface area contributed by atoms with E-state index in [-0.39, 0.29) is 0 Å². The van der Waals surface area contributed by atoms with Crippen LogP contribution in [0, 0.1) is 6.54 Å². The highest BCUT2D eigenvalue weighted by molar-refractivity contribution is 5.09. The van der Waals surface area contributed by atoms with Gasteiger partial charge in [0, 0.05) is 6.54 Å². The molecule has 0 amide bonds. The second kappa shape index (κ2) is 1.30. The summed E-state index contributed by atoms with van der Waals surface area (Å²) in [4.78, 5) is 0. The Hall–Kier alpha value is -0.500. The average Bonchev–Trinajstić information content (AvgIpc) is 1.86. The average molecular weight is 84.1 g/mol. The first-order valence-corrected chi connectivity index (χ1v) is 1.85. The normalized spacial score (nSPS) is 21.0. The van der Waals surface area contributed by atoms with Gasteiger partial charge in [-0.15, -0.1) is 0 Å². The summed E-state index contributed by atoms with van der Waals surface area (Å²) in [5, 5.41) is 11.3. The molecule has 2 N–H and O–H groups in total. The minimum Gasteiger partial charge on any atom is -0.511 e. The van der Waals surface area contributed by atoms with Crippen LogP contribution in [0.25, 0.3) is 0 Å². The molecule has 1 heterocycles. The third-order valence-electron chi connectivity index (χ3n) is 0.679. The second-order valence-corrected chi connectivity index (χ2v) is 1.18. The molecule has 0 atom stereocenters. The molecule has 0 fully saturated rings. The number of aliphatic hydroxyl groups excluding tert-OH is 1. The molecular formula is C4H6NO. The lowest BCUT2D eigenvalue weighted by Gasteiger charge is -1.81. The molecule has 0 aromatic heterocycles. The van der Waals surface area contributed by atoms with Crippen LogP contribution in [-0.2, 0) is 0 Å². The van der Waals surface area contributed by atoms with Gasteiger partial charge in [-0.05, 0) is 6.08 Å². The first-order chi connectivity index (χ1) is 2.89. The van der Waals surface area contributed by atoms with Crippen molar-refractivity contribution in [3.8, 4) is 0 Å². The Kier molecular flexibility index (Phi) is 0.801. The van der Waals surface area contributed by atoms with Gasteiger partial charge in [0.25, 0.3) is 0 Å². The minimum atomic E-state index is 0.343. The van der Waals surface area contributed by atoms with E-state index in [4.69, 9.17) is 5.11 Å². The number of hydrogen-bond acceptors (Lipinski definition) is 2. The summed E-state index contributed by atoms with van der Waals surface area (Å²) in [7, 11) is 0. The molecule has 1 aliphatic heterocycles. The van der Waals surface area contributed by atoms with Crippen LogP contribution in [0.5, 0.6) is 0 Å². The van der Waals surface area contributed by atoms with Crippen LogP contribution in [0.4, 0.5) is 0 Å². The standard InChI is InChI=1S/C4H6NO/c6-4-1-2-5-3-4/h1,3,5-6H,2H2. The van der Waals surface area contributed by atoms with Gasteiger partial charge in [-0.2, -0.15) is 0 Å². The molecule has 1 aliphatic rings. The molecule has 2 heteroatoms. The van der Waals surface area contributed by atoms with Gasteiger partial charge in [0.05, 0.1) is 6.54 Å². The molecule has 0 unspecified atom stereocenters. The third-order valence-corrected chi connectivity index (χ3v) is 0.679. The molecular weight excluding hydrogens is 78.0 g/mol. The molecule has 0 aromatic rings. The largest absolute Gasteiger partial charge is 0.511 e. The monoisotopic (exact) mass is 84.0 g/mol. The topological polar surface area (TPSA) is 32.3 Å². The van der Waals surface area contributed by atoms with Crippen molar-refractivity contribution in [2.75, 3.05) is 6.54 Å². The predicted octanol–water partition coefficient (Wildman–Crippen LogP) is 0.193. The Bertz CT molecular complexity index is 77.6. The van der Waals surface area contributed by atoms with Crippen LogP contribution < -0.4 is 5.32 Å². The highest BCUT2D eigenvalue weighted by atomic mass is 16.3. The molecule has 0 spiro atoms. The fourth-order valence-electron chi connectivity index (χ4n) is 0.386. The zero-order chi connectivity index (χ0) is 4.41. The third kappa shape index (κ3) is 0.518. The summed E-state index contributed by atoms with van der Waals surface area (Å²) >= 11 is 0. The summed E-state index contributed by atoms with van der Waals surface area (Å²) in [6.45, 7) is 2.34. The van der Waals surface area contributed by atoms with Crippen LogP contribution >= 0.6 is 0 Å². The second-order valence-electron chi connectivity index (χ2n) is 1.18. The molecule has 0 aliphatic carbocycles. The van der Waals surface area contributed by atoms with E-state index in [0.717, 1.165) is 6.54 Å². The summed E-state index contributed by atoms with van der Waals surface area (Å²) in [6, 6.07) is 0. The van der Waals surface area contributed by atoms with Crippen molar-refractivity contribution < 1.29 is 5.11 Å². The van der Waals surface area contributed by atoms with Gasteiger partial charge in [0.15, 0.2) is 0 Å². The van der Waals surface area contributed by atoms with Gasteiger partial charge >= 0.3 is 0 Å². The van der Waals surface area contributed by atoms with Crippen molar-refractivity contribution in [3.05, 3.63) is 18.4 Å². The zero-order valence-electron chi connectivity index (χ0n) is 3.31. The van der Waals surface area contributed by atoms with E-state index in [1.165, 1.54) is 0 Å². The van der Waals surface area contributed by atoms with Crippen LogP contribution in [0.3, 0.4) is 0 Å². The lowest BCUT2D eigenvalue weighted by Crippen LogP contribution is -2.00. The van der Waals surface area contributed by atoms with Gasteiger partial charge in [-0.1, -0.05) is 0 Å². The summed E-state index contributed by atoms with van der Waals surface area (Å²) < 4.78 is 0. The summed E-state index contributed by atoms with van der Waals surface area (Å²) in [6.07, 6.45) is 1.71. The summed E-state index contributed by atoms with van der Waals surface area (Å²) in [5.41, 5.74) is 0. The Morgan fingerprint density at radius 2 is 2.67 bits per heavy atom. The lowest BCUT2D eigenvalue weighted by molar-refractivity contribution is 0.422. The molecule has 0 saturated carbocycles. The lowest BCUT2D eigenvalue weighted by atomic mass is 10.5. The van der Waals surface area contributed by atoms with E-state index >= 15 is 0 Å². The molecule has 33 valence electrons.